The molecule has 2 rings (SSSR count). The van der Waals surface area contributed by atoms with E-state index in [1.807, 2.05) is 20.8 Å². The van der Waals surface area contributed by atoms with E-state index in [0.29, 0.717) is 26.2 Å². The number of hydrogen-bond donors (Lipinski definition) is 0. The maximum absolute atomic E-state index is 13.0. The Hall–Kier alpha value is -1.67. The van der Waals surface area contributed by atoms with Crippen LogP contribution >= 0.6 is 0 Å². The number of carbonyl (C=O) groups is 1. The van der Waals surface area contributed by atoms with Gasteiger partial charge in [0.2, 0.25) is 15.9 Å². The van der Waals surface area contributed by atoms with Crippen LogP contribution in [0.2, 0.25) is 0 Å². The van der Waals surface area contributed by atoms with Crippen molar-refractivity contribution < 1.29 is 17.6 Å². The van der Waals surface area contributed by atoms with Crippen LogP contribution in [-0.4, -0.2) is 68.0 Å². The molecule has 0 unspecified atom stereocenters. The minimum absolute atomic E-state index is 0.0401. The largest absolute Gasteiger partial charge is 0.368 e. The summed E-state index contributed by atoms with van der Waals surface area (Å²) in [5.74, 6) is -0.307. The molecule has 1 aromatic carbocycles. The molecule has 1 saturated heterocycles. The predicted molar refractivity (Wildman–Crippen MR) is 101 cm³/mol. The molecule has 26 heavy (non-hydrogen) atoms. The highest BCUT2D eigenvalue weighted by molar-refractivity contribution is 7.88. The Morgan fingerprint density at radius 1 is 1.12 bits per heavy atom. The lowest BCUT2D eigenvalue weighted by Gasteiger charge is -2.37. The van der Waals surface area contributed by atoms with E-state index in [0.717, 1.165) is 5.69 Å². The number of halogens is 1. The van der Waals surface area contributed by atoms with Gasteiger partial charge in [-0.1, -0.05) is 0 Å². The molecule has 0 radical (unpaired) electrons. The smallest absolute Gasteiger partial charge is 0.224 e. The lowest BCUT2D eigenvalue weighted by atomic mass is 10.1. The SMILES string of the molecule is CC(C)(C)N(CCC(=O)N1CCN(c2ccc(F)cc2)CC1)S(C)(=O)=O. The van der Waals surface area contributed by atoms with E-state index in [1.165, 1.54) is 22.7 Å². The first-order valence-electron chi connectivity index (χ1n) is 8.74. The fraction of sp³-hybridized carbons (Fsp3) is 0.611. The molecule has 1 aliphatic heterocycles. The molecule has 0 spiro atoms. The van der Waals surface area contributed by atoms with Crippen molar-refractivity contribution in [2.24, 2.45) is 0 Å². The van der Waals surface area contributed by atoms with Crippen molar-refractivity contribution in [3.63, 3.8) is 0 Å². The van der Waals surface area contributed by atoms with Gasteiger partial charge < -0.3 is 9.80 Å². The Labute approximate surface area is 155 Å². The van der Waals surface area contributed by atoms with Gasteiger partial charge in [-0.3, -0.25) is 4.79 Å². The topological polar surface area (TPSA) is 60.9 Å². The van der Waals surface area contributed by atoms with Gasteiger partial charge in [-0.15, -0.1) is 0 Å². The highest BCUT2D eigenvalue weighted by Crippen LogP contribution is 2.19. The third kappa shape index (κ3) is 5.41. The second-order valence-corrected chi connectivity index (χ2v) is 9.51. The van der Waals surface area contributed by atoms with Gasteiger partial charge in [0.05, 0.1) is 6.26 Å². The van der Waals surface area contributed by atoms with Crippen molar-refractivity contribution in [1.82, 2.24) is 9.21 Å². The molecular formula is C18H28FN3O3S. The van der Waals surface area contributed by atoms with Crippen LogP contribution in [0.1, 0.15) is 27.2 Å². The van der Waals surface area contributed by atoms with E-state index in [1.54, 1.807) is 17.0 Å². The standard InChI is InChI=1S/C18H28FN3O3S/c1-18(2,3)22(26(4,24)25)10-9-17(23)21-13-11-20(12-14-21)16-7-5-15(19)6-8-16/h5-8H,9-14H2,1-4H3. The van der Waals surface area contributed by atoms with Gasteiger partial charge in [0.15, 0.2) is 0 Å². The van der Waals surface area contributed by atoms with Crippen molar-refractivity contribution >= 4 is 21.6 Å². The number of rotatable bonds is 5. The molecule has 0 N–H and O–H groups in total. The molecule has 0 aliphatic carbocycles. The van der Waals surface area contributed by atoms with Crippen LogP contribution in [0.15, 0.2) is 24.3 Å². The number of nitrogens with zero attached hydrogens (tertiary/aromatic N) is 3. The normalized spacial score (nSPS) is 16.2. The minimum atomic E-state index is -3.37. The third-order valence-electron chi connectivity index (χ3n) is 4.50. The number of benzene rings is 1. The molecule has 1 fully saturated rings. The van der Waals surface area contributed by atoms with E-state index in [4.69, 9.17) is 0 Å². The summed E-state index contributed by atoms with van der Waals surface area (Å²) < 4.78 is 38.3. The molecule has 8 heteroatoms. The molecule has 1 aliphatic rings. The van der Waals surface area contributed by atoms with Gasteiger partial charge in [0, 0.05) is 50.4 Å². The average molecular weight is 386 g/mol. The van der Waals surface area contributed by atoms with Gasteiger partial charge in [-0.2, -0.15) is 4.31 Å². The summed E-state index contributed by atoms with van der Waals surface area (Å²) in [6.07, 6.45) is 1.34. The number of sulfonamides is 1. The molecule has 0 atom stereocenters. The second-order valence-electron chi connectivity index (χ2n) is 7.60. The summed E-state index contributed by atoms with van der Waals surface area (Å²) in [6, 6.07) is 6.33. The predicted octanol–water partition coefficient (Wildman–Crippen LogP) is 1.92. The second kappa shape index (κ2) is 7.92. The molecule has 1 heterocycles. The van der Waals surface area contributed by atoms with Crippen molar-refractivity contribution in [3.05, 3.63) is 30.1 Å². The summed E-state index contributed by atoms with van der Waals surface area (Å²) in [4.78, 5) is 16.4. The highest BCUT2D eigenvalue weighted by atomic mass is 32.2. The number of hydrogen-bond acceptors (Lipinski definition) is 4. The van der Waals surface area contributed by atoms with Crippen molar-refractivity contribution in [2.45, 2.75) is 32.7 Å². The monoisotopic (exact) mass is 385 g/mol. The summed E-state index contributed by atoms with van der Waals surface area (Å²) in [7, 11) is -3.37. The van der Waals surface area contributed by atoms with E-state index < -0.39 is 15.6 Å². The Balaban J connectivity index is 1.89. The van der Waals surface area contributed by atoms with Gasteiger partial charge in [-0.25, -0.2) is 12.8 Å². The van der Waals surface area contributed by atoms with Crippen LogP contribution in [0.4, 0.5) is 10.1 Å². The minimum Gasteiger partial charge on any atom is -0.368 e. The highest BCUT2D eigenvalue weighted by Gasteiger charge is 2.30. The van der Waals surface area contributed by atoms with Crippen molar-refractivity contribution in [3.8, 4) is 0 Å². The van der Waals surface area contributed by atoms with Crippen LogP contribution in [0.3, 0.4) is 0 Å². The molecule has 146 valence electrons. The lowest BCUT2D eigenvalue weighted by Crippen LogP contribution is -2.50. The molecule has 1 amide bonds. The average Bonchev–Trinajstić information content (AvgIpc) is 2.53. The zero-order chi connectivity index (χ0) is 19.5. The van der Waals surface area contributed by atoms with Crippen LogP contribution in [-0.2, 0) is 14.8 Å². The summed E-state index contributed by atoms with van der Waals surface area (Å²) in [5.41, 5.74) is 0.379. The van der Waals surface area contributed by atoms with Crippen LogP contribution in [0.25, 0.3) is 0 Å². The van der Waals surface area contributed by atoms with E-state index >= 15 is 0 Å². The first-order valence-corrected chi connectivity index (χ1v) is 10.6. The zero-order valence-corrected chi connectivity index (χ0v) is 16.7. The van der Waals surface area contributed by atoms with Crippen LogP contribution < -0.4 is 4.90 Å². The summed E-state index contributed by atoms with van der Waals surface area (Å²) in [5, 5.41) is 0. The number of anilines is 1. The fourth-order valence-electron chi connectivity index (χ4n) is 3.22. The molecule has 0 aromatic heterocycles. The van der Waals surface area contributed by atoms with E-state index in [9.17, 15) is 17.6 Å². The van der Waals surface area contributed by atoms with Crippen LogP contribution in [0.5, 0.6) is 0 Å². The first-order chi connectivity index (χ1) is 12.0. The first kappa shape index (κ1) is 20.6. The molecule has 0 bridgehead atoms. The molecular weight excluding hydrogens is 357 g/mol. The Bertz CT molecular complexity index is 721. The quantitative estimate of drug-likeness (QED) is 0.777. The maximum Gasteiger partial charge on any atom is 0.224 e. The third-order valence-corrected chi connectivity index (χ3v) is 6.03. The number of carbonyl (C=O) groups excluding carboxylic acids is 1. The summed E-state index contributed by atoms with van der Waals surface area (Å²) >= 11 is 0. The van der Waals surface area contributed by atoms with E-state index in [2.05, 4.69) is 4.90 Å². The molecule has 0 saturated carbocycles. The maximum atomic E-state index is 13.0. The van der Waals surface area contributed by atoms with Gasteiger partial charge in [-0.05, 0) is 45.0 Å². The summed E-state index contributed by atoms with van der Waals surface area (Å²) in [6.45, 7) is 8.13. The molecule has 1 aromatic rings. The van der Waals surface area contributed by atoms with E-state index in [-0.39, 0.29) is 24.7 Å². The Kier molecular flexibility index (Phi) is 6.29. The Morgan fingerprint density at radius 2 is 1.65 bits per heavy atom. The van der Waals surface area contributed by atoms with Gasteiger partial charge in [0.25, 0.3) is 0 Å². The van der Waals surface area contributed by atoms with Crippen molar-refractivity contribution in [2.75, 3.05) is 43.9 Å². The van der Waals surface area contributed by atoms with Gasteiger partial charge >= 0.3 is 0 Å². The fourth-order valence-corrected chi connectivity index (χ4v) is 4.64. The van der Waals surface area contributed by atoms with Crippen LogP contribution in [0, 0.1) is 5.82 Å². The number of amides is 1. The zero-order valence-electron chi connectivity index (χ0n) is 15.9. The molecule has 6 nitrogen and oxygen atoms in total. The Morgan fingerprint density at radius 3 is 2.12 bits per heavy atom. The lowest BCUT2D eigenvalue weighted by molar-refractivity contribution is -0.131. The number of piperazine rings is 1. The van der Waals surface area contributed by atoms with Gasteiger partial charge in [0.1, 0.15) is 5.82 Å². The van der Waals surface area contributed by atoms with Crippen molar-refractivity contribution in [1.29, 1.82) is 0 Å².